The van der Waals surface area contributed by atoms with Crippen molar-refractivity contribution in [1.82, 2.24) is 49.2 Å². The van der Waals surface area contributed by atoms with E-state index in [0.717, 1.165) is 4.68 Å². The largest absolute Gasteiger partial charge is 0.497 e. The third-order valence-corrected chi connectivity index (χ3v) is 10.7. The summed E-state index contributed by atoms with van der Waals surface area (Å²) < 4.78 is 100. The zero-order valence-corrected chi connectivity index (χ0v) is 29.3. The van der Waals surface area contributed by atoms with Crippen molar-refractivity contribution in [2.75, 3.05) is 31.7 Å². The van der Waals surface area contributed by atoms with E-state index < -0.39 is 86.0 Å². The lowest BCUT2D eigenvalue weighted by Crippen LogP contribution is -2.45. The highest BCUT2D eigenvalue weighted by Gasteiger charge is 2.54. The summed E-state index contributed by atoms with van der Waals surface area (Å²) in [6.07, 6.45) is -10.6. The van der Waals surface area contributed by atoms with Crippen LogP contribution in [-0.4, -0.2) is 115 Å². The van der Waals surface area contributed by atoms with Crippen molar-refractivity contribution < 1.29 is 54.4 Å². The first-order valence-corrected chi connectivity index (χ1v) is 18.8. The molecule has 3 fully saturated rings. The Balaban J connectivity index is 1.11. The van der Waals surface area contributed by atoms with Gasteiger partial charge in [-0.15, -0.1) is 5.10 Å². The van der Waals surface area contributed by atoms with Gasteiger partial charge in [0.05, 0.1) is 26.7 Å². The van der Waals surface area contributed by atoms with Crippen LogP contribution in [0.2, 0.25) is 0 Å². The maximum absolute atomic E-state index is 16.1. The number of aromatic nitrogens is 9. The Morgan fingerprint density at radius 1 is 1.07 bits per heavy atom. The van der Waals surface area contributed by atoms with Gasteiger partial charge in [-0.25, -0.2) is 28.1 Å². The number of phosphoric ester groups is 1. The third kappa shape index (κ3) is 6.76. The molecule has 7 heterocycles. The van der Waals surface area contributed by atoms with Crippen LogP contribution in [0.1, 0.15) is 18.0 Å². The highest BCUT2D eigenvalue weighted by atomic mass is 32.2. The molecule has 0 radical (unpaired) electrons. The van der Waals surface area contributed by atoms with Gasteiger partial charge in [0, 0.05) is 6.54 Å². The van der Waals surface area contributed by atoms with Crippen LogP contribution in [0.4, 0.5) is 16.2 Å². The number of phosphoric acid groups is 1. The van der Waals surface area contributed by atoms with Crippen LogP contribution in [0.3, 0.4) is 0 Å². The van der Waals surface area contributed by atoms with Crippen LogP contribution in [0.15, 0.2) is 41.7 Å². The zero-order valence-electron chi connectivity index (χ0n) is 27.6. The number of hydrogen-bond donors (Lipinski definition) is 5. The molecule has 288 valence electrons. The molecule has 5 aromatic rings. The molecular formula is C27H30FN12O12PS. The minimum atomic E-state index is -5.14. The van der Waals surface area contributed by atoms with E-state index in [-0.39, 0.29) is 40.7 Å². The van der Waals surface area contributed by atoms with Gasteiger partial charge in [0.25, 0.3) is 5.56 Å². The second kappa shape index (κ2) is 13.8. The van der Waals surface area contributed by atoms with Gasteiger partial charge in [0.15, 0.2) is 41.3 Å². The molecule has 0 bridgehead atoms. The van der Waals surface area contributed by atoms with Crippen LogP contribution in [0, 0.1) is 0 Å². The lowest BCUT2D eigenvalue weighted by Gasteiger charge is -2.28. The molecule has 9 atom stereocenters. The maximum Gasteiger partial charge on any atom is 0.472 e. The molecule has 27 heteroatoms. The quantitative estimate of drug-likeness (QED) is 0.128. The number of halogens is 1. The Bertz CT molecular complexity index is 2420. The van der Waals surface area contributed by atoms with Gasteiger partial charge >= 0.3 is 18.1 Å². The average Bonchev–Trinajstić information content (AvgIpc) is 3.90. The highest BCUT2D eigenvalue weighted by molar-refractivity contribution is 7.84. The van der Waals surface area contributed by atoms with Gasteiger partial charge in [-0.1, -0.05) is 17.3 Å². The number of ether oxygens (including phenoxy) is 4. The number of nitrogen functional groups attached to an aromatic ring is 2. The minimum absolute atomic E-state index is 0.0561. The molecule has 2 unspecified atom stereocenters. The van der Waals surface area contributed by atoms with E-state index in [1.807, 2.05) is 0 Å². The highest BCUT2D eigenvalue weighted by Crippen LogP contribution is 2.50. The molecule has 0 saturated carbocycles. The van der Waals surface area contributed by atoms with Crippen molar-refractivity contribution in [1.29, 1.82) is 0 Å². The van der Waals surface area contributed by atoms with E-state index >= 15 is 4.39 Å². The van der Waals surface area contributed by atoms with E-state index in [0.29, 0.717) is 11.3 Å². The predicted octanol–water partition coefficient (Wildman–Crippen LogP) is -1.02. The van der Waals surface area contributed by atoms with Crippen molar-refractivity contribution in [3.05, 3.63) is 52.8 Å². The number of hydrogen-bond acceptors (Lipinski definition) is 19. The third-order valence-electron chi connectivity index (χ3n) is 8.77. The molecule has 8 rings (SSSR count). The topological polar surface area (TPSA) is 320 Å². The predicted molar refractivity (Wildman–Crippen MR) is 177 cm³/mol. The lowest BCUT2D eigenvalue weighted by molar-refractivity contribution is -0.0752. The number of anilines is 2. The Labute approximate surface area is 301 Å². The van der Waals surface area contributed by atoms with Gasteiger partial charge in [-0.3, -0.25) is 23.4 Å². The number of nitrogens with one attached hydrogen (secondary N) is 2. The normalized spacial score (nSPS) is 31.5. The van der Waals surface area contributed by atoms with Crippen LogP contribution in [0.5, 0.6) is 5.75 Å². The Kier molecular flexibility index (Phi) is 9.28. The van der Waals surface area contributed by atoms with E-state index in [4.69, 9.17) is 43.6 Å². The summed E-state index contributed by atoms with van der Waals surface area (Å²) in [4.78, 5) is 41.9. The van der Waals surface area contributed by atoms with E-state index in [1.165, 1.54) is 24.3 Å². The van der Waals surface area contributed by atoms with Gasteiger partial charge < -0.3 is 35.3 Å². The lowest BCUT2D eigenvalue weighted by atomic mass is 10.1. The summed E-state index contributed by atoms with van der Waals surface area (Å²) in [6.45, 7) is -1.67. The number of methoxy groups -OCH3 is 1. The zero-order chi connectivity index (χ0) is 37.9. The smallest absolute Gasteiger partial charge is 0.472 e. The molecule has 24 nitrogen and oxygen atoms in total. The Hall–Kier alpha value is -4.76. The fraction of sp³-hybridized carbons (Fsp3) is 0.444. The first-order valence-electron chi connectivity index (χ1n) is 15.9. The van der Waals surface area contributed by atoms with Crippen LogP contribution >= 0.6 is 7.82 Å². The Morgan fingerprint density at radius 3 is 2.63 bits per heavy atom. The number of H-pyrrole nitrogens is 1. The molecule has 4 aromatic heterocycles. The fourth-order valence-electron chi connectivity index (χ4n) is 6.26. The Morgan fingerprint density at radius 2 is 1.85 bits per heavy atom. The van der Waals surface area contributed by atoms with Gasteiger partial charge in [-0.2, -0.15) is 22.8 Å². The van der Waals surface area contributed by atoms with Crippen LogP contribution < -0.4 is 26.5 Å². The maximum atomic E-state index is 16.1. The number of fused-ring (bicyclic) bond motifs is 4. The van der Waals surface area contributed by atoms with E-state index in [1.54, 1.807) is 24.3 Å². The van der Waals surface area contributed by atoms with Crippen LogP contribution in [0.25, 0.3) is 22.3 Å². The molecule has 0 aliphatic carbocycles. The van der Waals surface area contributed by atoms with Gasteiger partial charge in [-0.05, 0) is 17.7 Å². The standard InChI is InChI=1S/C27H30FN12O12PS/c1-46-12-4-2-11(3-5-12)7-47-20-19-13(49-26(20)39-10-33-16-21(29)31-9-32-22(16)39)6-34-54(44,45)52-18-14(8-48-53(42,43)51-19)50-25(15(18)28)40-23-17(37-38-40)24(41)36-27(30)35-23/h2-5,9-10,13-15,18-20,25-26,34H,6-8H2,1H3,(H,42,43)(H2,29,31,32)(H3,30,35,36,41)/t13-,14-,15-,18-,19-,20?,25-,26-/m1/s1. The van der Waals surface area contributed by atoms with Crippen molar-refractivity contribution in [2.24, 2.45) is 0 Å². The summed E-state index contributed by atoms with van der Waals surface area (Å²) in [6, 6.07) is 6.85. The summed E-state index contributed by atoms with van der Waals surface area (Å²) in [5.41, 5.74) is 11.3. The first kappa shape index (κ1) is 36.2. The number of nitrogens with two attached hydrogens (primary N) is 2. The monoisotopic (exact) mass is 796 g/mol. The molecule has 0 amide bonds. The van der Waals surface area contributed by atoms with Crippen molar-refractivity contribution in [3.8, 4) is 5.75 Å². The summed E-state index contributed by atoms with van der Waals surface area (Å²) >= 11 is 0. The number of rotatable bonds is 6. The van der Waals surface area contributed by atoms with Crippen molar-refractivity contribution in [3.63, 3.8) is 0 Å². The molecule has 7 N–H and O–H groups in total. The average molecular weight is 797 g/mol. The second-order valence-corrected chi connectivity index (χ2v) is 14.9. The summed E-state index contributed by atoms with van der Waals surface area (Å²) in [5, 5.41) is 7.40. The van der Waals surface area contributed by atoms with Crippen molar-refractivity contribution in [2.45, 2.75) is 55.8 Å². The van der Waals surface area contributed by atoms with E-state index in [2.05, 4.69) is 40.0 Å². The molecule has 54 heavy (non-hydrogen) atoms. The first-order chi connectivity index (χ1) is 25.8. The second-order valence-electron chi connectivity index (χ2n) is 12.1. The number of aromatic amines is 1. The molecule has 0 spiro atoms. The van der Waals surface area contributed by atoms with Crippen molar-refractivity contribution >= 4 is 52.2 Å². The molecule has 3 aliphatic rings. The minimum Gasteiger partial charge on any atom is -0.497 e. The molecule has 3 saturated heterocycles. The van der Waals surface area contributed by atoms with Crippen LogP contribution in [-0.2, 0) is 48.9 Å². The number of nitrogens with zero attached hydrogens (tertiary/aromatic N) is 8. The summed E-state index contributed by atoms with van der Waals surface area (Å²) in [5.74, 6) is 0.296. The van der Waals surface area contributed by atoms with Gasteiger partial charge in [0.1, 0.15) is 48.1 Å². The number of benzene rings is 1. The van der Waals surface area contributed by atoms with E-state index in [9.17, 15) is 22.7 Å². The molecule has 3 aliphatic heterocycles. The molecular weight excluding hydrogens is 766 g/mol. The molecule has 1 aromatic carbocycles. The van der Waals surface area contributed by atoms with Gasteiger partial charge in [0.2, 0.25) is 5.95 Å². The fourth-order valence-corrected chi connectivity index (χ4v) is 8.18. The summed E-state index contributed by atoms with van der Waals surface area (Å²) in [7, 11) is -8.47. The SMILES string of the molecule is COc1ccc(COC2[C@H](n3cnc4c(N)ncnc43)O[C@@H]3CNS(=O)(=O)O[C@H]4[C@@H](F)[C@H](n5nnc6c(=O)[nH]c(N)nc65)O[C@@H]4COP(=O)(O)O[C@@H]23)cc1. The number of imidazole rings is 1. The number of alkyl halides is 1.